The van der Waals surface area contributed by atoms with Crippen LogP contribution in [0.3, 0.4) is 0 Å². The van der Waals surface area contributed by atoms with Crippen molar-refractivity contribution in [3.63, 3.8) is 0 Å². The van der Waals surface area contributed by atoms with Crippen LogP contribution in [0, 0.1) is 0 Å². The highest BCUT2D eigenvalue weighted by atomic mass is 32.1. The third-order valence-electron chi connectivity index (χ3n) is 3.38. The van der Waals surface area contributed by atoms with Gasteiger partial charge in [-0.25, -0.2) is 0 Å². The van der Waals surface area contributed by atoms with Crippen molar-refractivity contribution in [3.8, 4) is 11.5 Å². The maximum Gasteiger partial charge on any atom is 0.167 e. The van der Waals surface area contributed by atoms with Crippen molar-refractivity contribution in [2.24, 2.45) is 0 Å². The van der Waals surface area contributed by atoms with E-state index in [0.717, 1.165) is 11.1 Å². The molecular weight excluding hydrogens is 284 g/mol. The van der Waals surface area contributed by atoms with Gasteiger partial charge in [0.25, 0.3) is 0 Å². The minimum atomic E-state index is -0.0725. The average Bonchev–Trinajstić information content (AvgIpc) is 2.95. The Morgan fingerprint density at radius 2 is 1.90 bits per heavy atom. The number of aliphatic hydroxyl groups excluding tert-OH is 1. The molecule has 0 aliphatic carbocycles. The second-order valence-electron chi connectivity index (χ2n) is 4.65. The second kappa shape index (κ2) is 6.16. The molecule has 0 spiro atoms. The van der Waals surface area contributed by atoms with Crippen molar-refractivity contribution in [2.75, 3.05) is 7.11 Å². The SMILES string of the molecule is COc1cccc(CO)c1OCc1csc2ccccc12. The van der Waals surface area contributed by atoms with Gasteiger partial charge in [-0.2, -0.15) is 0 Å². The van der Waals surface area contributed by atoms with Crippen molar-refractivity contribution in [3.05, 3.63) is 59.0 Å². The Morgan fingerprint density at radius 3 is 2.71 bits per heavy atom. The Morgan fingerprint density at radius 1 is 1.05 bits per heavy atom. The van der Waals surface area contributed by atoms with Crippen molar-refractivity contribution in [1.82, 2.24) is 0 Å². The number of ether oxygens (including phenoxy) is 2. The van der Waals surface area contributed by atoms with Crippen molar-refractivity contribution < 1.29 is 14.6 Å². The van der Waals surface area contributed by atoms with Crippen LogP contribution in [-0.4, -0.2) is 12.2 Å². The highest BCUT2D eigenvalue weighted by Crippen LogP contribution is 2.33. The quantitative estimate of drug-likeness (QED) is 0.774. The number of fused-ring (bicyclic) bond motifs is 1. The molecule has 108 valence electrons. The Balaban J connectivity index is 1.88. The molecule has 3 nitrogen and oxygen atoms in total. The van der Waals surface area contributed by atoms with E-state index in [-0.39, 0.29) is 6.61 Å². The van der Waals surface area contributed by atoms with E-state index in [1.807, 2.05) is 30.3 Å². The van der Waals surface area contributed by atoms with Crippen LogP contribution in [0.15, 0.2) is 47.8 Å². The van der Waals surface area contributed by atoms with Crippen molar-refractivity contribution in [1.29, 1.82) is 0 Å². The lowest BCUT2D eigenvalue weighted by atomic mass is 10.2. The van der Waals surface area contributed by atoms with Gasteiger partial charge in [-0.1, -0.05) is 30.3 Å². The lowest BCUT2D eigenvalue weighted by Gasteiger charge is -2.13. The fourth-order valence-electron chi connectivity index (χ4n) is 2.30. The summed E-state index contributed by atoms with van der Waals surface area (Å²) in [6.45, 7) is 0.383. The summed E-state index contributed by atoms with van der Waals surface area (Å²) in [5, 5.41) is 12.8. The van der Waals surface area contributed by atoms with E-state index < -0.39 is 0 Å². The van der Waals surface area contributed by atoms with E-state index in [2.05, 4.69) is 17.5 Å². The molecule has 1 aromatic heterocycles. The zero-order valence-electron chi connectivity index (χ0n) is 11.7. The number of hydrogen-bond acceptors (Lipinski definition) is 4. The van der Waals surface area contributed by atoms with E-state index in [9.17, 15) is 5.11 Å². The second-order valence-corrected chi connectivity index (χ2v) is 5.56. The number of aliphatic hydroxyl groups is 1. The molecule has 0 radical (unpaired) electrons. The van der Waals surface area contributed by atoms with Crippen molar-refractivity contribution in [2.45, 2.75) is 13.2 Å². The zero-order valence-corrected chi connectivity index (χ0v) is 12.5. The van der Waals surface area contributed by atoms with Crippen LogP contribution in [0.4, 0.5) is 0 Å². The number of methoxy groups -OCH3 is 1. The topological polar surface area (TPSA) is 38.7 Å². The van der Waals surface area contributed by atoms with Gasteiger partial charge >= 0.3 is 0 Å². The fourth-order valence-corrected chi connectivity index (χ4v) is 3.25. The van der Waals surface area contributed by atoms with Crippen LogP contribution in [0.2, 0.25) is 0 Å². The standard InChI is InChI=1S/C17H16O3S/c1-19-15-7-4-5-12(9-18)17(15)20-10-13-11-21-16-8-3-2-6-14(13)16/h2-8,11,18H,9-10H2,1H3. The maximum atomic E-state index is 9.43. The summed E-state index contributed by atoms with van der Waals surface area (Å²) in [5.74, 6) is 1.25. The van der Waals surface area contributed by atoms with Gasteiger partial charge < -0.3 is 14.6 Å². The molecule has 0 fully saturated rings. The van der Waals surface area contributed by atoms with Gasteiger partial charge in [0.05, 0.1) is 13.7 Å². The summed E-state index contributed by atoms with van der Waals surface area (Å²) >= 11 is 1.71. The lowest BCUT2D eigenvalue weighted by molar-refractivity contribution is 0.250. The average molecular weight is 300 g/mol. The molecule has 1 N–H and O–H groups in total. The Hall–Kier alpha value is -2.04. The highest BCUT2D eigenvalue weighted by Gasteiger charge is 2.11. The van der Waals surface area contributed by atoms with E-state index in [0.29, 0.717) is 18.1 Å². The Bertz CT molecular complexity index is 726. The lowest BCUT2D eigenvalue weighted by Crippen LogP contribution is -2.00. The zero-order chi connectivity index (χ0) is 14.7. The molecule has 1 heterocycles. The molecular formula is C17H16O3S. The molecule has 0 aliphatic rings. The molecule has 0 unspecified atom stereocenters. The number of benzene rings is 2. The van der Waals surface area contributed by atoms with E-state index in [1.165, 1.54) is 10.1 Å². The van der Waals surface area contributed by atoms with Gasteiger partial charge in [0.1, 0.15) is 6.61 Å². The number of hydrogen-bond donors (Lipinski definition) is 1. The van der Waals surface area contributed by atoms with Crippen LogP contribution in [0.1, 0.15) is 11.1 Å². The molecule has 4 heteroatoms. The van der Waals surface area contributed by atoms with Gasteiger partial charge in [-0.3, -0.25) is 0 Å². The van der Waals surface area contributed by atoms with E-state index in [1.54, 1.807) is 18.4 Å². The molecule has 0 atom stereocenters. The summed E-state index contributed by atoms with van der Waals surface area (Å²) in [7, 11) is 1.60. The number of thiophene rings is 1. The highest BCUT2D eigenvalue weighted by molar-refractivity contribution is 7.17. The molecule has 3 rings (SSSR count). The third kappa shape index (κ3) is 2.73. The largest absolute Gasteiger partial charge is 0.493 e. The minimum Gasteiger partial charge on any atom is -0.493 e. The monoisotopic (exact) mass is 300 g/mol. The Labute approximate surface area is 127 Å². The van der Waals surface area contributed by atoms with Crippen molar-refractivity contribution >= 4 is 21.4 Å². The van der Waals surface area contributed by atoms with Crippen LogP contribution in [0.5, 0.6) is 11.5 Å². The number of rotatable bonds is 5. The van der Waals surface area contributed by atoms with Gasteiger partial charge in [0.15, 0.2) is 11.5 Å². The molecule has 21 heavy (non-hydrogen) atoms. The van der Waals surface area contributed by atoms with Crippen LogP contribution in [0.25, 0.3) is 10.1 Å². The van der Waals surface area contributed by atoms with Gasteiger partial charge in [0, 0.05) is 15.8 Å². The maximum absolute atomic E-state index is 9.43. The number of para-hydroxylation sites is 1. The molecule has 0 amide bonds. The summed E-state index contributed by atoms with van der Waals surface area (Å²) in [6.07, 6.45) is 0. The van der Waals surface area contributed by atoms with Gasteiger partial charge in [-0.05, 0) is 22.9 Å². The molecule has 2 aromatic carbocycles. The predicted molar refractivity (Wildman–Crippen MR) is 85.1 cm³/mol. The molecule has 3 aromatic rings. The summed E-state index contributed by atoms with van der Waals surface area (Å²) < 4.78 is 12.5. The van der Waals surface area contributed by atoms with Gasteiger partial charge in [0.2, 0.25) is 0 Å². The normalized spacial score (nSPS) is 10.8. The Kier molecular flexibility index (Phi) is 4.08. The first-order valence-corrected chi connectivity index (χ1v) is 7.56. The predicted octanol–water partition coefficient (Wildman–Crippen LogP) is 3.98. The third-order valence-corrected chi connectivity index (χ3v) is 4.40. The first-order chi connectivity index (χ1) is 10.3. The first kappa shape index (κ1) is 13.9. The first-order valence-electron chi connectivity index (χ1n) is 6.68. The molecule has 0 saturated heterocycles. The molecule has 0 aliphatic heterocycles. The smallest absolute Gasteiger partial charge is 0.167 e. The summed E-state index contributed by atoms with van der Waals surface area (Å²) in [4.78, 5) is 0. The molecule has 0 saturated carbocycles. The fraction of sp³-hybridized carbons (Fsp3) is 0.176. The van der Waals surface area contributed by atoms with E-state index in [4.69, 9.17) is 9.47 Å². The summed E-state index contributed by atoms with van der Waals surface area (Å²) in [5.41, 5.74) is 1.87. The van der Waals surface area contributed by atoms with Gasteiger partial charge in [-0.15, -0.1) is 11.3 Å². The van der Waals surface area contributed by atoms with Crippen LogP contribution in [-0.2, 0) is 13.2 Å². The van der Waals surface area contributed by atoms with E-state index >= 15 is 0 Å². The van der Waals surface area contributed by atoms with Crippen LogP contribution >= 0.6 is 11.3 Å². The molecule has 0 bridgehead atoms. The summed E-state index contributed by atoms with van der Waals surface area (Å²) in [6, 6.07) is 13.8. The minimum absolute atomic E-state index is 0.0725. The van der Waals surface area contributed by atoms with Crippen LogP contribution < -0.4 is 9.47 Å².